The third kappa shape index (κ3) is 5.88. The molecule has 0 aliphatic heterocycles. The number of esters is 1. The van der Waals surface area contributed by atoms with Gasteiger partial charge < -0.3 is 15.6 Å². The molecule has 0 heterocycles. The fraction of sp³-hybridized carbons (Fsp3) is 0.240. The lowest BCUT2D eigenvalue weighted by Crippen LogP contribution is -2.11. The summed E-state index contributed by atoms with van der Waals surface area (Å²) < 4.78 is 5.05. The number of azo groups is 1. The Bertz CT molecular complexity index is 1170. The fourth-order valence-corrected chi connectivity index (χ4v) is 3.95. The van der Waals surface area contributed by atoms with Gasteiger partial charge in [-0.25, -0.2) is 0 Å². The van der Waals surface area contributed by atoms with Gasteiger partial charge in [-0.3, -0.25) is 4.79 Å². The zero-order chi connectivity index (χ0) is 23.5. The summed E-state index contributed by atoms with van der Waals surface area (Å²) in [4.78, 5) is 12.9. The van der Waals surface area contributed by atoms with Crippen LogP contribution in [0.15, 0.2) is 74.6 Å². The standard InChI is InChI=1S/C25H27N3O3S/c1-15-12-20(25(3,4)5)24(30)23(13-15)28-27-22-11-10-19(14-21(22)26)32-18-8-6-17(7-9-18)31-16(2)29/h6-14,30H,26H2,1-5H3. The number of nitrogens with two attached hydrogens (primary N) is 1. The van der Waals surface area contributed by atoms with Crippen LogP contribution in [0.4, 0.5) is 17.1 Å². The molecule has 0 atom stereocenters. The number of phenolic OH excluding ortho intramolecular Hbond substituents is 1. The van der Waals surface area contributed by atoms with Crippen LogP contribution in [0.5, 0.6) is 11.5 Å². The summed E-state index contributed by atoms with van der Waals surface area (Å²) in [6.07, 6.45) is 0. The van der Waals surface area contributed by atoms with Crippen LogP contribution < -0.4 is 10.5 Å². The molecule has 0 aliphatic rings. The van der Waals surface area contributed by atoms with Crippen molar-refractivity contribution in [3.63, 3.8) is 0 Å². The summed E-state index contributed by atoms with van der Waals surface area (Å²) in [7, 11) is 0. The molecule has 0 radical (unpaired) electrons. The number of aryl methyl sites for hydroxylation is 1. The predicted molar refractivity (Wildman–Crippen MR) is 128 cm³/mol. The molecule has 0 fully saturated rings. The van der Waals surface area contributed by atoms with Gasteiger partial charge in [-0.15, -0.1) is 10.2 Å². The lowest BCUT2D eigenvalue weighted by molar-refractivity contribution is -0.131. The quantitative estimate of drug-likeness (QED) is 0.188. The van der Waals surface area contributed by atoms with E-state index >= 15 is 0 Å². The number of ether oxygens (including phenoxy) is 1. The van der Waals surface area contributed by atoms with Gasteiger partial charge in [-0.1, -0.05) is 38.6 Å². The van der Waals surface area contributed by atoms with E-state index in [0.717, 1.165) is 20.9 Å². The molecule has 0 spiro atoms. The highest BCUT2D eigenvalue weighted by Crippen LogP contribution is 2.40. The van der Waals surface area contributed by atoms with Crippen molar-refractivity contribution in [2.45, 2.75) is 49.8 Å². The molecule has 32 heavy (non-hydrogen) atoms. The van der Waals surface area contributed by atoms with Crippen LogP contribution in [0, 0.1) is 6.92 Å². The Morgan fingerprint density at radius 2 is 1.59 bits per heavy atom. The van der Waals surface area contributed by atoms with Crippen LogP contribution >= 0.6 is 11.8 Å². The molecule has 3 aromatic rings. The second kappa shape index (κ2) is 9.44. The van der Waals surface area contributed by atoms with Crippen LogP contribution in [0.25, 0.3) is 0 Å². The Labute approximate surface area is 192 Å². The van der Waals surface area contributed by atoms with Crippen molar-refractivity contribution in [3.8, 4) is 11.5 Å². The molecule has 3 N–H and O–H groups in total. The molecule has 0 unspecified atom stereocenters. The van der Waals surface area contributed by atoms with Crippen molar-refractivity contribution < 1.29 is 14.6 Å². The van der Waals surface area contributed by atoms with E-state index in [0.29, 0.717) is 22.8 Å². The molecule has 0 aromatic heterocycles. The first-order valence-electron chi connectivity index (χ1n) is 10.1. The van der Waals surface area contributed by atoms with Gasteiger partial charge in [-0.05, 0) is 66.4 Å². The van der Waals surface area contributed by atoms with Gasteiger partial charge >= 0.3 is 5.97 Å². The van der Waals surface area contributed by atoms with Crippen LogP contribution in [0.2, 0.25) is 0 Å². The number of nitrogens with zero attached hydrogens (tertiary/aromatic N) is 2. The maximum absolute atomic E-state index is 11.0. The number of hydrogen-bond donors (Lipinski definition) is 2. The summed E-state index contributed by atoms with van der Waals surface area (Å²) in [5.74, 6) is 0.289. The maximum Gasteiger partial charge on any atom is 0.308 e. The van der Waals surface area contributed by atoms with E-state index in [4.69, 9.17) is 10.5 Å². The molecule has 6 nitrogen and oxygen atoms in total. The lowest BCUT2D eigenvalue weighted by Gasteiger charge is -2.21. The molecule has 3 rings (SSSR count). The molecular formula is C25H27N3O3S. The number of rotatable bonds is 5. The highest BCUT2D eigenvalue weighted by Gasteiger charge is 2.21. The van der Waals surface area contributed by atoms with Crippen LogP contribution in [0.1, 0.15) is 38.8 Å². The minimum Gasteiger partial charge on any atom is -0.505 e. The molecule has 7 heteroatoms. The third-order valence-electron chi connectivity index (χ3n) is 4.63. The number of hydrogen-bond acceptors (Lipinski definition) is 7. The van der Waals surface area contributed by atoms with Crippen LogP contribution in [-0.2, 0) is 10.2 Å². The highest BCUT2D eigenvalue weighted by molar-refractivity contribution is 7.99. The smallest absolute Gasteiger partial charge is 0.308 e. The van der Waals surface area contributed by atoms with E-state index in [1.54, 1.807) is 24.3 Å². The van der Waals surface area contributed by atoms with E-state index in [2.05, 4.69) is 10.2 Å². The van der Waals surface area contributed by atoms with Crippen molar-refractivity contribution in [2.75, 3.05) is 5.73 Å². The molecule has 0 amide bonds. The normalized spacial score (nSPS) is 11.7. The number of phenols is 1. The topological polar surface area (TPSA) is 97.3 Å². The van der Waals surface area contributed by atoms with Crippen LogP contribution in [-0.4, -0.2) is 11.1 Å². The van der Waals surface area contributed by atoms with E-state index in [1.165, 1.54) is 18.7 Å². The summed E-state index contributed by atoms with van der Waals surface area (Å²) >= 11 is 1.53. The van der Waals surface area contributed by atoms with Crippen molar-refractivity contribution in [1.29, 1.82) is 0 Å². The zero-order valence-electron chi connectivity index (χ0n) is 18.8. The van der Waals surface area contributed by atoms with E-state index in [9.17, 15) is 9.90 Å². The fourth-order valence-electron chi connectivity index (χ4n) is 3.08. The summed E-state index contributed by atoms with van der Waals surface area (Å²) in [6.45, 7) is 9.46. The van der Waals surface area contributed by atoms with Crippen molar-refractivity contribution >= 4 is 34.8 Å². The van der Waals surface area contributed by atoms with Gasteiger partial charge in [-0.2, -0.15) is 0 Å². The monoisotopic (exact) mass is 449 g/mol. The largest absolute Gasteiger partial charge is 0.505 e. The van der Waals surface area contributed by atoms with E-state index < -0.39 is 0 Å². The maximum atomic E-state index is 11.0. The molecular weight excluding hydrogens is 422 g/mol. The minimum absolute atomic E-state index is 0.134. The molecule has 0 saturated heterocycles. The number of nitrogen functional groups attached to an aromatic ring is 1. The van der Waals surface area contributed by atoms with Crippen molar-refractivity contribution in [1.82, 2.24) is 0 Å². The molecule has 0 aliphatic carbocycles. The Morgan fingerprint density at radius 3 is 2.19 bits per heavy atom. The predicted octanol–water partition coefficient (Wildman–Crippen LogP) is 7.07. The van der Waals surface area contributed by atoms with Gasteiger partial charge in [0.05, 0.1) is 5.69 Å². The SMILES string of the molecule is CC(=O)Oc1ccc(Sc2ccc(N=Nc3cc(C)cc(C(C)(C)C)c3O)c(N)c2)cc1. The summed E-state index contributed by atoms with van der Waals surface area (Å²) in [5.41, 5.74) is 9.24. The van der Waals surface area contributed by atoms with E-state index in [1.807, 2.05) is 58.0 Å². The average Bonchev–Trinajstić information content (AvgIpc) is 2.69. The molecule has 0 saturated carbocycles. The Morgan fingerprint density at radius 1 is 0.969 bits per heavy atom. The Kier molecular flexibility index (Phi) is 6.89. The summed E-state index contributed by atoms with van der Waals surface area (Å²) in [5, 5.41) is 19.2. The second-order valence-corrected chi connectivity index (χ2v) is 9.66. The average molecular weight is 450 g/mol. The number of aromatic hydroxyl groups is 1. The Balaban J connectivity index is 1.78. The number of anilines is 1. The second-order valence-electron chi connectivity index (χ2n) is 8.52. The first kappa shape index (κ1) is 23.3. The molecule has 0 bridgehead atoms. The summed E-state index contributed by atoms with van der Waals surface area (Å²) in [6, 6.07) is 16.5. The number of benzene rings is 3. The van der Waals surface area contributed by atoms with E-state index in [-0.39, 0.29) is 17.1 Å². The van der Waals surface area contributed by atoms with Gasteiger partial charge in [0.15, 0.2) is 0 Å². The van der Waals surface area contributed by atoms with Crippen LogP contribution in [0.3, 0.4) is 0 Å². The third-order valence-corrected chi connectivity index (χ3v) is 5.63. The zero-order valence-corrected chi connectivity index (χ0v) is 19.7. The Hall–Kier alpha value is -3.32. The van der Waals surface area contributed by atoms with Gasteiger partial charge in [0.1, 0.15) is 22.9 Å². The lowest BCUT2D eigenvalue weighted by atomic mass is 9.85. The molecule has 166 valence electrons. The minimum atomic E-state index is -0.350. The number of carbonyl (C=O) groups is 1. The van der Waals surface area contributed by atoms with Gasteiger partial charge in [0.2, 0.25) is 0 Å². The van der Waals surface area contributed by atoms with Gasteiger partial charge in [0, 0.05) is 22.3 Å². The first-order valence-corrected chi connectivity index (χ1v) is 11.0. The first-order chi connectivity index (χ1) is 15.0. The highest BCUT2D eigenvalue weighted by atomic mass is 32.2. The number of carbonyl (C=O) groups excluding carboxylic acids is 1. The van der Waals surface area contributed by atoms with Crippen molar-refractivity contribution in [2.24, 2.45) is 10.2 Å². The van der Waals surface area contributed by atoms with Crippen molar-refractivity contribution in [3.05, 3.63) is 65.7 Å². The van der Waals surface area contributed by atoms with Gasteiger partial charge in [0.25, 0.3) is 0 Å². The molecule has 3 aromatic carbocycles.